The fourth-order valence-corrected chi connectivity index (χ4v) is 11.1. The summed E-state index contributed by atoms with van der Waals surface area (Å²) in [4.78, 5) is 58.1. The SMILES string of the molecule is Cc1ccc(N2C(=O)C3C(C2=O)[C@@H]2C[C@H]3C3Sc4[nH]c(=O)sc4[C@H](c4cccc(OCC(=O)Nc5cccc(C(F)(F)F)c5)c4)C32)cc1. The van der Waals surface area contributed by atoms with Crippen molar-refractivity contribution < 1.29 is 32.3 Å². The van der Waals surface area contributed by atoms with Crippen LogP contribution in [0.5, 0.6) is 5.75 Å². The third kappa shape index (κ3) is 5.06. The number of hydrogen-bond acceptors (Lipinski definition) is 7. The van der Waals surface area contributed by atoms with Gasteiger partial charge in [0.1, 0.15) is 5.75 Å². The van der Waals surface area contributed by atoms with Gasteiger partial charge in [0.05, 0.1) is 28.1 Å². The number of amides is 3. The first kappa shape index (κ1) is 30.9. The minimum Gasteiger partial charge on any atom is -0.484 e. The van der Waals surface area contributed by atoms with Crippen LogP contribution in [0.25, 0.3) is 0 Å². The van der Waals surface area contributed by atoms with E-state index in [0.717, 1.165) is 50.9 Å². The molecule has 8 rings (SSSR count). The summed E-state index contributed by atoms with van der Waals surface area (Å²) in [5.74, 6) is -1.77. The van der Waals surface area contributed by atoms with Crippen molar-refractivity contribution in [2.45, 2.75) is 35.7 Å². The fraction of sp³-hybridized carbons (Fsp3) is 0.314. The van der Waals surface area contributed by atoms with Crippen molar-refractivity contribution in [2.24, 2.45) is 29.6 Å². The molecule has 0 radical (unpaired) electrons. The van der Waals surface area contributed by atoms with E-state index in [-0.39, 0.29) is 51.3 Å². The Morgan fingerprint density at radius 3 is 2.46 bits per heavy atom. The van der Waals surface area contributed by atoms with Crippen LogP contribution >= 0.6 is 23.1 Å². The second-order valence-electron chi connectivity index (χ2n) is 12.8. The number of aryl methyl sites for hydroxylation is 1. The minimum atomic E-state index is -4.54. The van der Waals surface area contributed by atoms with Gasteiger partial charge in [-0.3, -0.25) is 24.1 Å². The molecular formula is C35H28F3N3O5S2. The number of fused-ring (bicyclic) bond motifs is 9. The molecule has 8 nitrogen and oxygen atoms in total. The number of carbonyl (C=O) groups excluding carboxylic acids is 3. The molecule has 1 saturated heterocycles. The lowest BCUT2D eigenvalue weighted by Crippen LogP contribution is -2.42. The van der Waals surface area contributed by atoms with Gasteiger partial charge in [0, 0.05) is 21.7 Å². The molecule has 2 aliphatic carbocycles. The summed E-state index contributed by atoms with van der Waals surface area (Å²) in [7, 11) is 0. The third-order valence-electron chi connectivity index (χ3n) is 10.1. The number of alkyl halides is 3. The second kappa shape index (κ2) is 11.4. The zero-order valence-electron chi connectivity index (χ0n) is 25.3. The first-order valence-electron chi connectivity index (χ1n) is 15.5. The lowest BCUT2D eigenvalue weighted by atomic mass is 9.68. The van der Waals surface area contributed by atoms with E-state index in [1.165, 1.54) is 17.0 Å². The van der Waals surface area contributed by atoms with E-state index in [0.29, 0.717) is 11.4 Å². The Kier molecular flexibility index (Phi) is 7.33. The number of benzene rings is 3. The summed E-state index contributed by atoms with van der Waals surface area (Å²) < 4.78 is 45.1. The van der Waals surface area contributed by atoms with Gasteiger partial charge in [0.2, 0.25) is 11.8 Å². The summed E-state index contributed by atoms with van der Waals surface area (Å²) in [5, 5.41) is 3.23. The highest BCUT2D eigenvalue weighted by Gasteiger charge is 2.69. The van der Waals surface area contributed by atoms with Gasteiger partial charge in [-0.25, -0.2) is 0 Å². The molecule has 4 aliphatic rings. The number of H-pyrrole nitrogens is 1. The Hall–Kier alpha value is -4.36. The molecule has 3 fully saturated rings. The topological polar surface area (TPSA) is 109 Å². The van der Waals surface area contributed by atoms with Crippen molar-refractivity contribution in [1.29, 1.82) is 0 Å². The average molecular weight is 692 g/mol. The number of anilines is 2. The predicted octanol–water partition coefficient (Wildman–Crippen LogP) is 6.46. The van der Waals surface area contributed by atoms with E-state index in [1.807, 2.05) is 43.3 Å². The molecule has 13 heteroatoms. The van der Waals surface area contributed by atoms with Crippen molar-refractivity contribution >= 4 is 52.2 Å². The lowest BCUT2D eigenvalue weighted by molar-refractivity contribution is -0.137. The summed E-state index contributed by atoms with van der Waals surface area (Å²) in [6.45, 7) is 1.52. The van der Waals surface area contributed by atoms with Crippen LogP contribution in [0, 0.1) is 36.5 Å². The lowest BCUT2D eigenvalue weighted by Gasteiger charge is -2.43. The van der Waals surface area contributed by atoms with Crippen LogP contribution < -0.4 is 19.8 Å². The number of nitrogens with zero attached hydrogens (tertiary/aromatic N) is 1. The number of aromatic nitrogens is 1. The molecule has 0 spiro atoms. The molecule has 3 aromatic carbocycles. The number of aromatic amines is 1. The highest BCUT2D eigenvalue weighted by molar-refractivity contribution is 8.00. The van der Waals surface area contributed by atoms with Crippen molar-refractivity contribution in [3.05, 3.63) is 104 Å². The van der Waals surface area contributed by atoms with Gasteiger partial charge in [-0.2, -0.15) is 13.2 Å². The molecule has 3 heterocycles. The first-order chi connectivity index (χ1) is 23.0. The van der Waals surface area contributed by atoms with Gasteiger partial charge < -0.3 is 15.0 Å². The Morgan fingerprint density at radius 2 is 1.71 bits per heavy atom. The maximum Gasteiger partial charge on any atom is 0.416 e. The largest absolute Gasteiger partial charge is 0.484 e. The number of ether oxygens (including phenoxy) is 1. The summed E-state index contributed by atoms with van der Waals surface area (Å²) in [5.41, 5.74) is 1.60. The maximum absolute atomic E-state index is 14.0. The molecule has 2 aliphatic heterocycles. The number of nitrogens with one attached hydrogen (secondary N) is 2. The summed E-state index contributed by atoms with van der Waals surface area (Å²) in [6.07, 6.45) is -3.79. The highest BCUT2D eigenvalue weighted by Crippen LogP contribution is 2.68. The van der Waals surface area contributed by atoms with Gasteiger partial charge >= 0.3 is 11.0 Å². The molecule has 2 N–H and O–H groups in total. The van der Waals surface area contributed by atoms with E-state index < -0.39 is 36.1 Å². The van der Waals surface area contributed by atoms with Crippen LogP contribution in [-0.4, -0.2) is 34.6 Å². The molecule has 2 bridgehead atoms. The zero-order valence-corrected chi connectivity index (χ0v) is 27.0. The summed E-state index contributed by atoms with van der Waals surface area (Å²) >= 11 is 2.74. The standard InChI is InChI=1S/C35H28F3N3O5S2/c1-16-8-10-20(11-9-16)41-32(43)27-22-14-23(28(27)33(41)44)29-26(22)25(30-31(47-29)40-34(45)48-30)17-4-2-7-21(12-17)46-15-24(42)39-19-6-3-5-18(13-19)35(36,37)38/h2-13,22-23,25-29H,14-15H2,1H3,(H,39,42)(H,40,45)/t22-,23-,25-,26?,27?,28?,29?/m1/s1. The van der Waals surface area contributed by atoms with Gasteiger partial charge in [0.15, 0.2) is 6.61 Å². The minimum absolute atomic E-state index is 0.00305. The molecule has 7 atom stereocenters. The third-order valence-corrected chi connectivity index (χ3v) is 12.7. The first-order valence-corrected chi connectivity index (χ1v) is 17.2. The fourth-order valence-electron chi connectivity index (χ4n) is 8.26. The van der Waals surface area contributed by atoms with Gasteiger partial charge in [-0.15, -0.1) is 11.8 Å². The van der Waals surface area contributed by atoms with Gasteiger partial charge in [0.25, 0.3) is 5.91 Å². The average Bonchev–Trinajstić information content (AvgIpc) is 3.79. The number of thiazole rings is 1. The van der Waals surface area contributed by atoms with Crippen LogP contribution in [0.3, 0.4) is 0 Å². The molecule has 1 aromatic heterocycles. The van der Waals surface area contributed by atoms with Gasteiger partial charge in [-0.05, 0) is 79.1 Å². The molecule has 246 valence electrons. The number of carbonyl (C=O) groups is 3. The van der Waals surface area contributed by atoms with E-state index in [4.69, 9.17) is 4.74 Å². The van der Waals surface area contributed by atoms with Crippen LogP contribution in [0.15, 0.2) is 82.6 Å². The molecule has 4 unspecified atom stereocenters. The van der Waals surface area contributed by atoms with E-state index in [2.05, 4.69) is 10.3 Å². The zero-order chi connectivity index (χ0) is 33.5. The van der Waals surface area contributed by atoms with Crippen LogP contribution in [0.2, 0.25) is 0 Å². The molecule has 2 saturated carbocycles. The predicted molar refractivity (Wildman–Crippen MR) is 174 cm³/mol. The normalized spacial score (nSPS) is 27.1. The maximum atomic E-state index is 14.0. The van der Waals surface area contributed by atoms with E-state index >= 15 is 0 Å². The Balaban J connectivity index is 1.06. The monoisotopic (exact) mass is 691 g/mol. The molecule has 48 heavy (non-hydrogen) atoms. The van der Waals surface area contributed by atoms with E-state index in [1.54, 1.807) is 23.9 Å². The number of imide groups is 1. The van der Waals surface area contributed by atoms with Crippen molar-refractivity contribution in [2.75, 3.05) is 16.8 Å². The smallest absolute Gasteiger partial charge is 0.416 e. The number of rotatable bonds is 6. The Labute approximate surface area is 280 Å². The number of hydrogen-bond donors (Lipinski definition) is 2. The number of thioether (sulfide) groups is 1. The Morgan fingerprint density at radius 1 is 0.979 bits per heavy atom. The summed E-state index contributed by atoms with van der Waals surface area (Å²) in [6, 6.07) is 19.0. The van der Waals surface area contributed by atoms with Crippen molar-refractivity contribution in [1.82, 2.24) is 4.98 Å². The van der Waals surface area contributed by atoms with Crippen molar-refractivity contribution in [3.8, 4) is 5.75 Å². The molecule has 4 aromatic rings. The van der Waals surface area contributed by atoms with Crippen LogP contribution in [0.1, 0.15) is 33.9 Å². The second-order valence-corrected chi connectivity index (χ2v) is 15.0. The van der Waals surface area contributed by atoms with Crippen LogP contribution in [-0.2, 0) is 20.6 Å². The Bertz CT molecular complexity index is 2030. The van der Waals surface area contributed by atoms with Crippen LogP contribution in [0.4, 0.5) is 24.5 Å². The van der Waals surface area contributed by atoms with Crippen molar-refractivity contribution in [3.63, 3.8) is 0 Å². The molecular weight excluding hydrogens is 664 g/mol. The molecule has 3 amide bonds. The van der Waals surface area contributed by atoms with Gasteiger partial charge in [-0.1, -0.05) is 47.2 Å². The highest BCUT2D eigenvalue weighted by atomic mass is 32.2. The van der Waals surface area contributed by atoms with E-state index in [9.17, 15) is 32.3 Å². The quantitative estimate of drug-likeness (QED) is 0.225. The number of halogens is 3.